The lowest BCUT2D eigenvalue weighted by atomic mass is 10.2. The number of carbonyl (C=O) groups is 2. The highest BCUT2D eigenvalue weighted by molar-refractivity contribution is 9.10. The molecule has 0 radical (unpaired) electrons. The summed E-state index contributed by atoms with van der Waals surface area (Å²) in [6.45, 7) is 3.61. The molecule has 1 N–H and O–H groups in total. The largest absolute Gasteiger partial charge is 0.339 e. The van der Waals surface area contributed by atoms with Gasteiger partial charge in [0.05, 0.1) is 6.54 Å². The molecular formula is C16H19BrN4O3. The molecule has 128 valence electrons. The maximum absolute atomic E-state index is 12.1. The molecule has 0 atom stereocenters. The molecule has 24 heavy (non-hydrogen) atoms. The first kappa shape index (κ1) is 18.1. The molecule has 1 heterocycles. The predicted octanol–water partition coefficient (Wildman–Crippen LogP) is 2.48. The van der Waals surface area contributed by atoms with E-state index in [1.165, 1.54) is 4.90 Å². The Labute approximate surface area is 148 Å². The third-order valence-corrected chi connectivity index (χ3v) is 3.88. The van der Waals surface area contributed by atoms with E-state index < -0.39 is 0 Å². The predicted molar refractivity (Wildman–Crippen MR) is 92.5 cm³/mol. The Balaban J connectivity index is 1.82. The normalized spacial score (nSPS) is 10.5. The van der Waals surface area contributed by atoms with Gasteiger partial charge in [-0.15, -0.1) is 0 Å². The first-order chi connectivity index (χ1) is 11.3. The van der Waals surface area contributed by atoms with Crippen LogP contribution in [-0.4, -0.2) is 40.4 Å². The zero-order valence-electron chi connectivity index (χ0n) is 13.8. The number of aromatic nitrogens is 2. The van der Waals surface area contributed by atoms with Crippen molar-refractivity contribution < 1.29 is 14.1 Å². The van der Waals surface area contributed by atoms with Crippen molar-refractivity contribution in [3.63, 3.8) is 0 Å². The number of benzene rings is 1. The van der Waals surface area contributed by atoms with Crippen molar-refractivity contribution in [2.24, 2.45) is 0 Å². The molecule has 0 aliphatic heterocycles. The van der Waals surface area contributed by atoms with E-state index in [0.717, 1.165) is 15.7 Å². The molecule has 0 unspecified atom stereocenters. The van der Waals surface area contributed by atoms with E-state index >= 15 is 0 Å². The van der Waals surface area contributed by atoms with Crippen LogP contribution in [-0.2, 0) is 16.0 Å². The molecule has 0 aliphatic carbocycles. The molecule has 2 rings (SSSR count). The number of amides is 2. The fraction of sp³-hybridized carbons (Fsp3) is 0.375. The fourth-order valence-corrected chi connectivity index (χ4v) is 2.58. The second-order valence-corrected chi connectivity index (χ2v) is 6.41. The van der Waals surface area contributed by atoms with Gasteiger partial charge in [0.1, 0.15) is 0 Å². The Morgan fingerprint density at radius 3 is 2.71 bits per heavy atom. The first-order valence-corrected chi connectivity index (χ1v) is 8.23. The standard InChI is InChI=1S/C16H19BrN4O3/c1-10-8-12(17)4-5-13(10)19-14(22)9-21(3)16(23)7-6-15-18-11(2)20-24-15/h4-5,8H,6-7,9H2,1-3H3,(H,19,22). The molecule has 1 aromatic carbocycles. The maximum Gasteiger partial charge on any atom is 0.243 e. The van der Waals surface area contributed by atoms with Gasteiger partial charge in [-0.25, -0.2) is 0 Å². The number of rotatable bonds is 6. The number of likely N-dealkylation sites (N-methyl/N-ethyl adjacent to an activating group) is 1. The molecule has 0 saturated heterocycles. The fourth-order valence-electron chi connectivity index (χ4n) is 2.11. The van der Waals surface area contributed by atoms with Crippen LogP contribution in [0.1, 0.15) is 23.7 Å². The smallest absolute Gasteiger partial charge is 0.243 e. The van der Waals surface area contributed by atoms with Crippen molar-refractivity contribution >= 4 is 33.4 Å². The zero-order valence-corrected chi connectivity index (χ0v) is 15.4. The minimum absolute atomic E-state index is 0.0167. The van der Waals surface area contributed by atoms with Crippen molar-refractivity contribution in [3.8, 4) is 0 Å². The van der Waals surface area contributed by atoms with Crippen LogP contribution in [0.2, 0.25) is 0 Å². The molecule has 0 fully saturated rings. The molecule has 2 aromatic rings. The van der Waals surface area contributed by atoms with E-state index in [4.69, 9.17) is 4.52 Å². The van der Waals surface area contributed by atoms with Crippen LogP contribution in [0.3, 0.4) is 0 Å². The van der Waals surface area contributed by atoms with Crippen molar-refractivity contribution in [3.05, 3.63) is 40.0 Å². The lowest BCUT2D eigenvalue weighted by molar-refractivity contribution is -0.133. The summed E-state index contributed by atoms with van der Waals surface area (Å²) < 4.78 is 5.91. The zero-order chi connectivity index (χ0) is 17.7. The summed E-state index contributed by atoms with van der Waals surface area (Å²) in [4.78, 5) is 29.6. The molecule has 1 aromatic heterocycles. The van der Waals surface area contributed by atoms with Crippen LogP contribution in [0.5, 0.6) is 0 Å². The Hall–Kier alpha value is -2.22. The number of aryl methyl sites for hydroxylation is 3. The van der Waals surface area contributed by atoms with Gasteiger partial charge in [-0.1, -0.05) is 21.1 Å². The van der Waals surface area contributed by atoms with Crippen molar-refractivity contribution in [1.29, 1.82) is 0 Å². The van der Waals surface area contributed by atoms with Gasteiger partial charge in [0.15, 0.2) is 5.82 Å². The number of nitrogens with one attached hydrogen (secondary N) is 1. The highest BCUT2D eigenvalue weighted by Crippen LogP contribution is 2.19. The molecular weight excluding hydrogens is 376 g/mol. The summed E-state index contributed by atoms with van der Waals surface area (Å²) in [5, 5.41) is 6.48. The molecule has 0 aliphatic rings. The molecule has 0 spiro atoms. The van der Waals surface area contributed by atoms with Gasteiger partial charge in [-0.2, -0.15) is 4.98 Å². The lowest BCUT2D eigenvalue weighted by Gasteiger charge is -2.17. The van der Waals surface area contributed by atoms with Gasteiger partial charge >= 0.3 is 0 Å². The molecule has 8 heteroatoms. The van der Waals surface area contributed by atoms with Gasteiger partial charge < -0.3 is 14.7 Å². The number of anilines is 1. The molecule has 0 bridgehead atoms. The Morgan fingerprint density at radius 2 is 2.08 bits per heavy atom. The van der Waals surface area contributed by atoms with Crippen molar-refractivity contribution in [2.75, 3.05) is 18.9 Å². The topological polar surface area (TPSA) is 88.3 Å². The van der Waals surface area contributed by atoms with Crippen LogP contribution in [0, 0.1) is 13.8 Å². The Kier molecular flexibility index (Phi) is 6.08. The van der Waals surface area contributed by atoms with Crippen LogP contribution >= 0.6 is 15.9 Å². The monoisotopic (exact) mass is 394 g/mol. The summed E-state index contributed by atoms with van der Waals surface area (Å²) in [6, 6.07) is 5.58. The summed E-state index contributed by atoms with van der Waals surface area (Å²) in [5.41, 5.74) is 1.67. The molecule has 7 nitrogen and oxygen atoms in total. The number of nitrogens with zero attached hydrogens (tertiary/aromatic N) is 3. The van der Waals surface area contributed by atoms with Crippen LogP contribution < -0.4 is 5.32 Å². The average molecular weight is 395 g/mol. The number of carbonyl (C=O) groups excluding carboxylic acids is 2. The molecule has 0 saturated carbocycles. The number of hydrogen-bond acceptors (Lipinski definition) is 5. The average Bonchev–Trinajstić information content (AvgIpc) is 2.93. The highest BCUT2D eigenvalue weighted by atomic mass is 79.9. The third kappa shape index (κ3) is 5.16. The van der Waals surface area contributed by atoms with Gasteiger partial charge in [0, 0.05) is 30.0 Å². The lowest BCUT2D eigenvalue weighted by Crippen LogP contribution is -2.35. The Bertz CT molecular complexity index is 745. The second-order valence-electron chi connectivity index (χ2n) is 5.49. The SMILES string of the molecule is Cc1noc(CCC(=O)N(C)CC(=O)Nc2ccc(Br)cc2C)n1. The number of hydrogen-bond donors (Lipinski definition) is 1. The van der Waals surface area contributed by atoms with E-state index in [1.807, 2.05) is 25.1 Å². The number of halogens is 1. The van der Waals surface area contributed by atoms with Gasteiger partial charge in [0.25, 0.3) is 0 Å². The maximum atomic E-state index is 12.1. The summed E-state index contributed by atoms with van der Waals surface area (Å²) in [5.74, 6) is 0.553. The van der Waals surface area contributed by atoms with Crippen molar-refractivity contribution in [1.82, 2.24) is 15.0 Å². The van der Waals surface area contributed by atoms with E-state index in [1.54, 1.807) is 14.0 Å². The van der Waals surface area contributed by atoms with E-state index in [9.17, 15) is 9.59 Å². The quantitative estimate of drug-likeness (QED) is 0.812. The highest BCUT2D eigenvalue weighted by Gasteiger charge is 2.15. The third-order valence-electron chi connectivity index (χ3n) is 3.39. The van der Waals surface area contributed by atoms with E-state index in [2.05, 4.69) is 31.4 Å². The van der Waals surface area contributed by atoms with Gasteiger partial charge in [0.2, 0.25) is 17.7 Å². The van der Waals surface area contributed by atoms with E-state index in [0.29, 0.717) is 18.1 Å². The molecule has 2 amide bonds. The second kappa shape index (κ2) is 8.05. The van der Waals surface area contributed by atoms with Crippen LogP contribution in [0.4, 0.5) is 5.69 Å². The first-order valence-electron chi connectivity index (χ1n) is 7.44. The summed E-state index contributed by atoms with van der Waals surface area (Å²) in [7, 11) is 1.59. The minimum atomic E-state index is -0.245. The van der Waals surface area contributed by atoms with Crippen molar-refractivity contribution in [2.45, 2.75) is 26.7 Å². The van der Waals surface area contributed by atoms with Gasteiger partial charge in [-0.3, -0.25) is 9.59 Å². The Morgan fingerprint density at radius 1 is 1.33 bits per heavy atom. The van der Waals surface area contributed by atoms with Crippen LogP contribution in [0.25, 0.3) is 0 Å². The van der Waals surface area contributed by atoms with E-state index in [-0.39, 0.29) is 24.8 Å². The summed E-state index contributed by atoms with van der Waals surface area (Å²) in [6.07, 6.45) is 0.570. The van der Waals surface area contributed by atoms with Gasteiger partial charge in [-0.05, 0) is 37.6 Å². The summed E-state index contributed by atoms with van der Waals surface area (Å²) >= 11 is 3.38. The van der Waals surface area contributed by atoms with Crippen LogP contribution in [0.15, 0.2) is 27.2 Å². The minimum Gasteiger partial charge on any atom is -0.339 e.